The molecule has 1 fully saturated rings. The first-order valence-electron chi connectivity index (χ1n) is 8.63. The van der Waals surface area contributed by atoms with Crippen molar-refractivity contribution in [1.82, 2.24) is 9.97 Å². The first kappa shape index (κ1) is 18.4. The number of methoxy groups -OCH3 is 1. The van der Waals surface area contributed by atoms with Gasteiger partial charge in [-0.15, -0.1) is 0 Å². The van der Waals surface area contributed by atoms with Gasteiger partial charge >= 0.3 is 0 Å². The predicted molar refractivity (Wildman–Crippen MR) is 101 cm³/mol. The van der Waals surface area contributed by atoms with E-state index in [1.54, 1.807) is 26.2 Å². The maximum absolute atomic E-state index is 12.6. The minimum atomic E-state index is -3.70. The summed E-state index contributed by atoms with van der Waals surface area (Å²) in [5, 5.41) is 0. The first-order valence-corrected chi connectivity index (χ1v) is 10.1. The van der Waals surface area contributed by atoms with Gasteiger partial charge in [-0.1, -0.05) is 6.92 Å². The van der Waals surface area contributed by atoms with E-state index in [9.17, 15) is 8.42 Å². The lowest BCUT2D eigenvalue weighted by Crippen LogP contribution is -2.34. The molecule has 2 heterocycles. The molecule has 140 valence electrons. The van der Waals surface area contributed by atoms with Crippen molar-refractivity contribution in [3.63, 3.8) is 0 Å². The van der Waals surface area contributed by atoms with Crippen molar-refractivity contribution in [2.75, 3.05) is 29.8 Å². The average molecular weight is 376 g/mol. The molecular formula is C18H24N4O3S. The smallest absolute Gasteiger partial charge is 0.262 e. The molecule has 7 nitrogen and oxygen atoms in total. The van der Waals surface area contributed by atoms with E-state index in [4.69, 9.17) is 4.74 Å². The molecule has 0 unspecified atom stereocenters. The summed E-state index contributed by atoms with van der Waals surface area (Å²) in [4.78, 5) is 10.9. The van der Waals surface area contributed by atoms with Gasteiger partial charge in [0.05, 0.1) is 30.1 Å². The Labute approximate surface area is 154 Å². The van der Waals surface area contributed by atoms with Crippen LogP contribution in [0.1, 0.15) is 25.3 Å². The van der Waals surface area contributed by atoms with Gasteiger partial charge in [0.1, 0.15) is 5.75 Å². The third-order valence-corrected chi connectivity index (χ3v) is 6.01. The van der Waals surface area contributed by atoms with E-state index in [1.165, 1.54) is 18.5 Å². The largest absolute Gasteiger partial charge is 0.496 e. The summed E-state index contributed by atoms with van der Waals surface area (Å²) in [5.41, 5.74) is 1.09. The van der Waals surface area contributed by atoms with Crippen molar-refractivity contribution in [2.45, 2.75) is 31.6 Å². The van der Waals surface area contributed by atoms with Crippen molar-refractivity contribution in [1.29, 1.82) is 0 Å². The molecular weight excluding hydrogens is 352 g/mol. The molecule has 1 saturated heterocycles. The monoisotopic (exact) mass is 376 g/mol. The normalized spacial score (nSPS) is 15.7. The van der Waals surface area contributed by atoms with Crippen LogP contribution in [0.2, 0.25) is 0 Å². The number of nitrogens with zero attached hydrogens (tertiary/aromatic N) is 3. The van der Waals surface area contributed by atoms with E-state index in [-0.39, 0.29) is 4.90 Å². The van der Waals surface area contributed by atoms with Crippen molar-refractivity contribution >= 4 is 21.7 Å². The summed E-state index contributed by atoms with van der Waals surface area (Å²) in [6, 6.07) is 4.73. The SMILES string of the molecule is COc1ccc(S(=O)(=O)Nc2cnc(N3CCC(C)CC3)nc2)cc1C. The third kappa shape index (κ3) is 4.07. The summed E-state index contributed by atoms with van der Waals surface area (Å²) in [6.07, 6.45) is 5.26. The van der Waals surface area contributed by atoms with Crippen LogP contribution in [0.15, 0.2) is 35.5 Å². The number of benzene rings is 1. The number of hydrogen-bond donors (Lipinski definition) is 1. The van der Waals surface area contributed by atoms with Crippen LogP contribution < -0.4 is 14.4 Å². The molecule has 1 aliphatic heterocycles. The number of piperidine rings is 1. The van der Waals surface area contributed by atoms with Crippen LogP contribution >= 0.6 is 0 Å². The van der Waals surface area contributed by atoms with E-state index < -0.39 is 10.0 Å². The van der Waals surface area contributed by atoms with Crippen molar-refractivity contribution in [3.05, 3.63) is 36.2 Å². The third-order valence-electron chi connectivity index (χ3n) is 4.63. The van der Waals surface area contributed by atoms with Crippen LogP contribution in [0.3, 0.4) is 0 Å². The fraction of sp³-hybridized carbons (Fsp3) is 0.444. The van der Waals surface area contributed by atoms with Gasteiger partial charge < -0.3 is 9.64 Å². The summed E-state index contributed by atoms with van der Waals surface area (Å²) >= 11 is 0. The summed E-state index contributed by atoms with van der Waals surface area (Å²) in [6.45, 7) is 5.90. The Hall–Kier alpha value is -2.35. The molecule has 0 atom stereocenters. The lowest BCUT2D eigenvalue weighted by molar-refractivity contribution is 0.411. The number of aromatic nitrogens is 2. The minimum absolute atomic E-state index is 0.171. The van der Waals surface area contributed by atoms with E-state index >= 15 is 0 Å². The van der Waals surface area contributed by atoms with E-state index in [1.807, 2.05) is 0 Å². The van der Waals surface area contributed by atoms with Crippen LogP contribution in [0, 0.1) is 12.8 Å². The second-order valence-electron chi connectivity index (χ2n) is 6.68. The predicted octanol–water partition coefficient (Wildman–Crippen LogP) is 2.83. The molecule has 0 amide bonds. The molecule has 3 rings (SSSR count). The van der Waals surface area contributed by atoms with Crippen molar-refractivity contribution in [3.8, 4) is 5.75 Å². The first-order chi connectivity index (χ1) is 12.4. The zero-order valence-corrected chi connectivity index (χ0v) is 16.1. The highest BCUT2D eigenvalue weighted by Gasteiger charge is 2.19. The van der Waals surface area contributed by atoms with Crippen LogP contribution in [0.5, 0.6) is 5.75 Å². The Morgan fingerprint density at radius 2 is 1.85 bits per heavy atom. The number of sulfonamides is 1. The van der Waals surface area contributed by atoms with Crippen molar-refractivity contribution < 1.29 is 13.2 Å². The number of anilines is 2. The Bertz CT molecular complexity index is 861. The van der Waals surface area contributed by atoms with Gasteiger partial charge in [0.15, 0.2) is 0 Å². The summed E-state index contributed by atoms with van der Waals surface area (Å²) in [7, 11) is -2.15. The molecule has 0 bridgehead atoms. The number of ether oxygens (including phenoxy) is 1. The molecule has 0 spiro atoms. The van der Waals surface area contributed by atoms with Crippen LogP contribution in [-0.2, 0) is 10.0 Å². The lowest BCUT2D eigenvalue weighted by atomic mass is 10.00. The molecule has 0 radical (unpaired) electrons. The molecule has 1 aromatic heterocycles. The quantitative estimate of drug-likeness (QED) is 0.864. The second-order valence-corrected chi connectivity index (χ2v) is 8.36. The van der Waals surface area contributed by atoms with Gasteiger partial charge in [-0.25, -0.2) is 18.4 Å². The van der Waals surface area contributed by atoms with Gasteiger partial charge in [-0.05, 0) is 49.4 Å². The number of aryl methyl sites for hydroxylation is 1. The fourth-order valence-electron chi connectivity index (χ4n) is 2.98. The van der Waals surface area contributed by atoms with Gasteiger partial charge in [-0.2, -0.15) is 0 Å². The van der Waals surface area contributed by atoms with E-state index in [0.717, 1.165) is 37.4 Å². The molecule has 0 aliphatic carbocycles. The Kier molecular flexibility index (Phi) is 5.31. The van der Waals surface area contributed by atoms with E-state index in [0.29, 0.717) is 17.4 Å². The summed E-state index contributed by atoms with van der Waals surface area (Å²) in [5.74, 6) is 2.01. The lowest BCUT2D eigenvalue weighted by Gasteiger charge is -2.30. The van der Waals surface area contributed by atoms with Gasteiger partial charge in [0, 0.05) is 13.1 Å². The number of hydrogen-bond acceptors (Lipinski definition) is 6. The fourth-order valence-corrected chi connectivity index (χ4v) is 4.09. The minimum Gasteiger partial charge on any atom is -0.496 e. The summed E-state index contributed by atoms with van der Waals surface area (Å²) < 4.78 is 32.8. The Morgan fingerprint density at radius 1 is 1.19 bits per heavy atom. The zero-order chi connectivity index (χ0) is 18.7. The van der Waals surface area contributed by atoms with Crippen LogP contribution in [0.4, 0.5) is 11.6 Å². The maximum Gasteiger partial charge on any atom is 0.262 e. The standard InChI is InChI=1S/C18H24N4O3S/c1-13-6-8-22(9-7-13)18-19-11-15(12-20-18)21-26(23,24)16-4-5-17(25-3)14(2)10-16/h4-5,10-13,21H,6-9H2,1-3H3. The van der Waals surface area contributed by atoms with Crippen LogP contribution in [-0.4, -0.2) is 38.6 Å². The molecule has 0 saturated carbocycles. The second kappa shape index (κ2) is 7.49. The molecule has 26 heavy (non-hydrogen) atoms. The van der Waals surface area contributed by atoms with Crippen molar-refractivity contribution in [2.24, 2.45) is 5.92 Å². The highest BCUT2D eigenvalue weighted by molar-refractivity contribution is 7.92. The van der Waals surface area contributed by atoms with E-state index in [2.05, 4.69) is 26.5 Å². The molecule has 8 heteroatoms. The molecule has 1 aliphatic rings. The average Bonchev–Trinajstić information content (AvgIpc) is 2.63. The molecule has 2 aromatic rings. The molecule has 1 N–H and O–H groups in total. The number of nitrogens with one attached hydrogen (secondary N) is 1. The highest BCUT2D eigenvalue weighted by atomic mass is 32.2. The van der Waals surface area contributed by atoms with Gasteiger partial charge in [-0.3, -0.25) is 4.72 Å². The zero-order valence-electron chi connectivity index (χ0n) is 15.3. The van der Waals surface area contributed by atoms with Gasteiger partial charge in [0.25, 0.3) is 10.0 Å². The Morgan fingerprint density at radius 3 is 2.42 bits per heavy atom. The van der Waals surface area contributed by atoms with Crippen LogP contribution in [0.25, 0.3) is 0 Å². The number of rotatable bonds is 5. The highest BCUT2D eigenvalue weighted by Crippen LogP contribution is 2.24. The Balaban J connectivity index is 1.72. The van der Waals surface area contributed by atoms with Gasteiger partial charge in [0.2, 0.25) is 5.95 Å². The topological polar surface area (TPSA) is 84.4 Å². The molecule has 1 aromatic carbocycles. The maximum atomic E-state index is 12.6.